The lowest BCUT2D eigenvalue weighted by Crippen LogP contribution is -2.46. The summed E-state index contributed by atoms with van der Waals surface area (Å²) >= 11 is 0. The van der Waals surface area contributed by atoms with Crippen LogP contribution < -0.4 is 21.6 Å². The molecule has 12 nitrogen and oxygen atoms in total. The van der Waals surface area contributed by atoms with Crippen molar-refractivity contribution < 1.29 is 14.4 Å². The molecule has 6 rings (SSSR count). The molecule has 1 saturated heterocycles. The maximum Gasteiger partial charge on any atom is 0.343 e. The van der Waals surface area contributed by atoms with Crippen LogP contribution in [0.5, 0.6) is 0 Å². The van der Waals surface area contributed by atoms with E-state index in [2.05, 4.69) is 27.0 Å². The molecule has 12 heteroatoms. The van der Waals surface area contributed by atoms with Crippen molar-refractivity contribution in [1.29, 1.82) is 5.26 Å². The molecule has 0 bridgehead atoms. The fraction of sp³-hybridized carbons (Fsp3) is 0.455. The smallest absolute Gasteiger partial charge is 0.343 e. The van der Waals surface area contributed by atoms with Gasteiger partial charge in [0.1, 0.15) is 11.9 Å². The third kappa shape index (κ3) is 5.21. The van der Waals surface area contributed by atoms with Crippen molar-refractivity contribution in [3.05, 3.63) is 86.1 Å². The van der Waals surface area contributed by atoms with Gasteiger partial charge in [-0.2, -0.15) is 10.4 Å². The van der Waals surface area contributed by atoms with E-state index in [0.29, 0.717) is 42.1 Å². The Labute approximate surface area is 261 Å². The molecule has 4 N–H and O–H groups in total. The maximum absolute atomic E-state index is 13.3. The third-order valence-electron chi connectivity index (χ3n) is 9.70. The van der Waals surface area contributed by atoms with Gasteiger partial charge in [-0.3, -0.25) is 19.4 Å². The number of hydrogen-bond donors (Lipinski definition) is 4. The zero-order valence-corrected chi connectivity index (χ0v) is 25.9. The van der Waals surface area contributed by atoms with E-state index in [1.165, 1.54) is 4.68 Å². The normalized spacial score (nSPS) is 21.4. The SMILES string of the molecule is CNC(=O)c1ccc2c(c1)CCc1cc(C(=O)NC)ccc1C2(C[C@@H](C)NCC(=O)N1C(C#N)C[C@@H]2C[C@@H]21)c1nn(C)c(=O)[nH]1. The minimum atomic E-state index is -0.996. The Hall–Kier alpha value is -4.76. The van der Waals surface area contributed by atoms with E-state index in [-0.39, 0.29) is 48.1 Å². The zero-order chi connectivity index (χ0) is 32.0. The lowest BCUT2D eigenvalue weighted by molar-refractivity contribution is -0.131. The Balaban J connectivity index is 1.45. The molecule has 4 atom stereocenters. The highest BCUT2D eigenvalue weighted by Crippen LogP contribution is 2.48. The minimum Gasteiger partial charge on any atom is -0.355 e. The molecule has 0 spiro atoms. The number of piperidine rings is 1. The number of likely N-dealkylation sites (tertiary alicyclic amines) is 1. The van der Waals surface area contributed by atoms with Crippen LogP contribution >= 0.6 is 0 Å². The summed E-state index contributed by atoms with van der Waals surface area (Å²) in [5.41, 5.74) is 3.31. The van der Waals surface area contributed by atoms with Crippen LogP contribution in [-0.2, 0) is 30.1 Å². The van der Waals surface area contributed by atoms with Gasteiger partial charge < -0.3 is 20.9 Å². The van der Waals surface area contributed by atoms with Gasteiger partial charge in [-0.1, -0.05) is 12.1 Å². The quantitative estimate of drug-likeness (QED) is 0.297. The number of aromatic amines is 1. The van der Waals surface area contributed by atoms with Gasteiger partial charge in [-0.15, -0.1) is 0 Å². The van der Waals surface area contributed by atoms with Gasteiger partial charge in [0.05, 0.1) is 18.0 Å². The highest BCUT2D eigenvalue weighted by Gasteiger charge is 2.54. The van der Waals surface area contributed by atoms with Crippen LogP contribution in [0.3, 0.4) is 0 Å². The monoisotopic (exact) mass is 610 g/mol. The summed E-state index contributed by atoms with van der Waals surface area (Å²) in [4.78, 5) is 56.3. The first-order valence-electron chi connectivity index (χ1n) is 15.4. The molecule has 3 aliphatic rings. The summed E-state index contributed by atoms with van der Waals surface area (Å²) in [6.07, 6.45) is 3.29. The van der Waals surface area contributed by atoms with Gasteiger partial charge in [0.2, 0.25) is 5.91 Å². The Kier molecular flexibility index (Phi) is 7.82. The van der Waals surface area contributed by atoms with E-state index in [0.717, 1.165) is 35.1 Å². The highest BCUT2D eigenvalue weighted by molar-refractivity contribution is 5.95. The van der Waals surface area contributed by atoms with Gasteiger partial charge in [0.15, 0.2) is 0 Å². The summed E-state index contributed by atoms with van der Waals surface area (Å²) in [5.74, 6) is 0.360. The number of hydrogen-bond acceptors (Lipinski definition) is 7. The van der Waals surface area contributed by atoms with Crippen molar-refractivity contribution in [2.75, 3.05) is 20.6 Å². The number of nitrogens with one attached hydrogen (secondary N) is 4. The van der Waals surface area contributed by atoms with Crippen LogP contribution in [0.15, 0.2) is 41.2 Å². The van der Waals surface area contributed by atoms with Gasteiger partial charge in [0, 0.05) is 44.4 Å². The van der Waals surface area contributed by atoms with Crippen LogP contribution in [0, 0.1) is 17.2 Å². The first kappa shape index (κ1) is 30.3. The number of carbonyl (C=O) groups is 3. The summed E-state index contributed by atoms with van der Waals surface area (Å²) in [6, 6.07) is 13.0. The molecule has 1 aromatic heterocycles. The average molecular weight is 611 g/mol. The Morgan fingerprint density at radius 2 is 1.64 bits per heavy atom. The number of carbonyl (C=O) groups excluding carboxylic acids is 3. The maximum atomic E-state index is 13.3. The van der Waals surface area contributed by atoms with Crippen LogP contribution in [0.4, 0.5) is 0 Å². The molecule has 3 amide bonds. The van der Waals surface area contributed by atoms with E-state index in [4.69, 9.17) is 5.10 Å². The van der Waals surface area contributed by atoms with Crippen molar-refractivity contribution in [3.63, 3.8) is 0 Å². The lowest BCUT2D eigenvalue weighted by Gasteiger charge is -2.37. The fourth-order valence-corrected chi connectivity index (χ4v) is 7.40. The number of aryl methyl sites for hydroxylation is 3. The molecule has 0 radical (unpaired) electrons. The van der Waals surface area contributed by atoms with Crippen LogP contribution in [0.2, 0.25) is 0 Å². The second-order valence-electron chi connectivity index (χ2n) is 12.4. The Bertz CT molecular complexity index is 1720. The number of H-pyrrole nitrogens is 1. The van der Waals surface area contributed by atoms with Crippen LogP contribution in [0.1, 0.15) is 75.0 Å². The molecular formula is C33H38N8O4. The van der Waals surface area contributed by atoms with Crippen molar-refractivity contribution >= 4 is 17.7 Å². The van der Waals surface area contributed by atoms with E-state index in [9.17, 15) is 24.4 Å². The van der Waals surface area contributed by atoms with Gasteiger partial charge in [0.25, 0.3) is 11.8 Å². The summed E-state index contributed by atoms with van der Waals surface area (Å²) < 4.78 is 1.27. The fourth-order valence-electron chi connectivity index (χ4n) is 7.40. The predicted molar refractivity (Wildman–Crippen MR) is 166 cm³/mol. The van der Waals surface area contributed by atoms with Crippen LogP contribution in [-0.4, -0.2) is 76.2 Å². The third-order valence-corrected chi connectivity index (χ3v) is 9.70. The standard InChI is InChI=1S/C33H38N8O4/c1-18(37-17-28(42)41-24(16-34)13-23-14-27(23)41)15-33(31-38-32(45)40(4)39-31)25-9-7-21(29(43)35-2)11-19(25)5-6-20-12-22(30(44)36-3)8-10-26(20)33/h7-12,18,23-24,27,37H,5-6,13-15,17H2,1-4H3,(H,35,43)(H,36,44)(H,38,39,45)/t18-,23-,24?,27+/m1/s1. The minimum absolute atomic E-state index is 0.0717. The molecule has 2 aromatic carbocycles. The van der Waals surface area contributed by atoms with Gasteiger partial charge >= 0.3 is 5.69 Å². The average Bonchev–Trinajstić information content (AvgIpc) is 3.62. The van der Waals surface area contributed by atoms with Gasteiger partial charge in [-0.25, -0.2) is 9.48 Å². The molecule has 1 unspecified atom stereocenters. The molecule has 1 aliphatic heterocycles. The first-order chi connectivity index (χ1) is 21.6. The molecular weight excluding hydrogens is 572 g/mol. The number of rotatable bonds is 8. The molecule has 2 aliphatic carbocycles. The number of aromatic nitrogens is 3. The molecule has 2 fully saturated rings. The van der Waals surface area contributed by atoms with Crippen LogP contribution in [0.25, 0.3) is 0 Å². The van der Waals surface area contributed by atoms with Crippen molar-refractivity contribution in [1.82, 2.24) is 35.6 Å². The van der Waals surface area contributed by atoms with E-state index in [1.807, 2.05) is 31.2 Å². The summed E-state index contributed by atoms with van der Waals surface area (Å²) in [6.45, 7) is 2.06. The molecule has 1 saturated carbocycles. The number of nitrogens with zero attached hydrogens (tertiary/aromatic N) is 4. The van der Waals surface area contributed by atoms with Crippen molar-refractivity contribution in [2.45, 2.75) is 62.6 Å². The van der Waals surface area contributed by atoms with Gasteiger partial charge in [-0.05, 0) is 91.5 Å². The second kappa shape index (κ2) is 11.6. The molecule has 3 aromatic rings. The number of amides is 3. The number of nitriles is 1. The van der Waals surface area contributed by atoms with Crippen molar-refractivity contribution in [2.24, 2.45) is 13.0 Å². The predicted octanol–water partition coefficient (Wildman–Crippen LogP) is 1.14. The van der Waals surface area contributed by atoms with Crippen molar-refractivity contribution in [3.8, 4) is 6.07 Å². The lowest BCUT2D eigenvalue weighted by atomic mass is 9.67. The van der Waals surface area contributed by atoms with E-state index >= 15 is 0 Å². The largest absolute Gasteiger partial charge is 0.355 e. The second-order valence-corrected chi connectivity index (χ2v) is 12.4. The first-order valence-corrected chi connectivity index (χ1v) is 15.4. The summed E-state index contributed by atoms with van der Waals surface area (Å²) in [5, 5.41) is 23.1. The molecule has 2 heterocycles. The summed E-state index contributed by atoms with van der Waals surface area (Å²) in [7, 11) is 4.77. The number of benzene rings is 2. The molecule has 234 valence electrons. The Morgan fingerprint density at radius 3 is 2.16 bits per heavy atom. The molecule has 45 heavy (non-hydrogen) atoms. The number of fused-ring (bicyclic) bond motifs is 3. The topological polar surface area (TPSA) is 165 Å². The van der Waals surface area contributed by atoms with E-state index in [1.54, 1.807) is 38.2 Å². The highest BCUT2D eigenvalue weighted by atomic mass is 16.2. The Morgan fingerprint density at radius 1 is 1.04 bits per heavy atom. The van der Waals surface area contributed by atoms with E-state index < -0.39 is 5.41 Å². The zero-order valence-electron chi connectivity index (χ0n) is 25.9.